The molecule has 7 nitrogen and oxygen atoms in total. The van der Waals surface area contributed by atoms with Crippen LogP contribution in [0.25, 0.3) is 0 Å². The molecule has 126 valence electrons. The molecule has 1 aromatic rings. The highest BCUT2D eigenvalue weighted by Crippen LogP contribution is 2.34. The molecule has 2 fully saturated rings. The zero-order valence-corrected chi connectivity index (χ0v) is 13.7. The molecule has 3 heterocycles. The summed E-state index contributed by atoms with van der Waals surface area (Å²) in [5, 5.41) is 2.93. The van der Waals surface area contributed by atoms with Crippen LogP contribution in [0.2, 0.25) is 0 Å². The van der Waals surface area contributed by atoms with Crippen molar-refractivity contribution < 1.29 is 14.3 Å². The molecule has 1 atom stereocenters. The van der Waals surface area contributed by atoms with Gasteiger partial charge in [-0.25, -0.2) is 14.8 Å². The molecule has 1 aromatic heterocycles. The fourth-order valence-electron chi connectivity index (χ4n) is 3.24. The smallest absolute Gasteiger partial charge is 0.317 e. The number of carbonyl (C=O) groups excluding carboxylic acids is 1. The van der Waals surface area contributed by atoms with E-state index in [4.69, 9.17) is 9.47 Å². The monoisotopic (exact) mass is 320 g/mol. The third-order valence-electron chi connectivity index (χ3n) is 4.57. The van der Waals surface area contributed by atoms with Crippen molar-refractivity contribution in [2.24, 2.45) is 5.92 Å². The molecule has 0 aromatic carbocycles. The first kappa shape index (κ1) is 16.1. The van der Waals surface area contributed by atoms with Gasteiger partial charge in [0.1, 0.15) is 5.82 Å². The summed E-state index contributed by atoms with van der Waals surface area (Å²) in [5.41, 5.74) is 0.814. The predicted molar refractivity (Wildman–Crippen MR) is 83.6 cm³/mol. The summed E-state index contributed by atoms with van der Waals surface area (Å²) in [6, 6.07) is 1.75. The van der Waals surface area contributed by atoms with Crippen LogP contribution in [-0.2, 0) is 16.0 Å². The van der Waals surface area contributed by atoms with E-state index in [0.717, 1.165) is 25.1 Å². The summed E-state index contributed by atoms with van der Waals surface area (Å²) >= 11 is 0. The second kappa shape index (κ2) is 6.80. The molecule has 2 amide bonds. The molecule has 0 unspecified atom stereocenters. The number of piperidine rings is 1. The van der Waals surface area contributed by atoms with Gasteiger partial charge >= 0.3 is 6.03 Å². The van der Waals surface area contributed by atoms with Gasteiger partial charge in [0.15, 0.2) is 5.79 Å². The normalized spacial score (nSPS) is 23.7. The van der Waals surface area contributed by atoms with E-state index >= 15 is 0 Å². The second-order valence-electron chi connectivity index (χ2n) is 6.25. The number of hydrogen-bond donors (Lipinski definition) is 1. The Hall–Kier alpha value is -1.73. The number of hydrogen-bond acceptors (Lipinski definition) is 5. The Morgan fingerprint density at radius 2 is 2.26 bits per heavy atom. The molecule has 0 spiro atoms. The average Bonchev–Trinajstić information content (AvgIpc) is 3.01. The molecule has 0 saturated carbocycles. The Kier molecular flexibility index (Phi) is 4.77. The number of rotatable bonds is 3. The van der Waals surface area contributed by atoms with E-state index in [1.807, 2.05) is 24.8 Å². The summed E-state index contributed by atoms with van der Waals surface area (Å²) < 4.78 is 11.5. The first-order valence-corrected chi connectivity index (χ1v) is 8.16. The highest BCUT2D eigenvalue weighted by atomic mass is 16.7. The average molecular weight is 320 g/mol. The van der Waals surface area contributed by atoms with E-state index in [9.17, 15) is 4.79 Å². The van der Waals surface area contributed by atoms with Crippen molar-refractivity contribution in [3.8, 4) is 0 Å². The Morgan fingerprint density at radius 1 is 1.48 bits per heavy atom. The van der Waals surface area contributed by atoms with Crippen LogP contribution < -0.4 is 5.32 Å². The van der Waals surface area contributed by atoms with Gasteiger partial charge in [0.25, 0.3) is 0 Å². The van der Waals surface area contributed by atoms with Crippen LogP contribution in [0.15, 0.2) is 12.3 Å². The summed E-state index contributed by atoms with van der Waals surface area (Å²) in [4.78, 5) is 22.6. The van der Waals surface area contributed by atoms with Gasteiger partial charge in [-0.1, -0.05) is 0 Å². The van der Waals surface area contributed by atoms with Crippen LogP contribution in [0.4, 0.5) is 4.79 Å². The minimum Gasteiger partial charge on any atom is -0.347 e. The Bertz CT molecular complexity index is 560. The van der Waals surface area contributed by atoms with E-state index < -0.39 is 5.79 Å². The number of carbonyl (C=O) groups is 1. The molecule has 23 heavy (non-hydrogen) atoms. The van der Waals surface area contributed by atoms with Crippen molar-refractivity contribution >= 4 is 6.03 Å². The van der Waals surface area contributed by atoms with Crippen molar-refractivity contribution in [2.45, 2.75) is 39.0 Å². The number of nitrogens with zero attached hydrogens (tertiary/aromatic N) is 3. The van der Waals surface area contributed by atoms with Gasteiger partial charge in [-0.15, -0.1) is 0 Å². The van der Waals surface area contributed by atoms with E-state index in [1.165, 1.54) is 0 Å². The van der Waals surface area contributed by atoms with E-state index in [2.05, 4.69) is 15.3 Å². The Balaban J connectivity index is 1.54. The quantitative estimate of drug-likeness (QED) is 0.912. The maximum Gasteiger partial charge on any atom is 0.317 e. The molecular formula is C16H24N4O3. The van der Waals surface area contributed by atoms with Gasteiger partial charge in [-0.3, -0.25) is 0 Å². The molecule has 2 aliphatic rings. The summed E-state index contributed by atoms with van der Waals surface area (Å²) in [5.74, 6) is 0.368. The van der Waals surface area contributed by atoms with Gasteiger partial charge < -0.3 is 19.7 Å². The van der Waals surface area contributed by atoms with Crippen LogP contribution in [0.1, 0.15) is 31.3 Å². The van der Waals surface area contributed by atoms with Crippen LogP contribution in [0.3, 0.4) is 0 Å². The van der Waals surface area contributed by atoms with E-state index in [-0.39, 0.29) is 11.9 Å². The topological polar surface area (TPSA) is 76.6 Å². The number of nitrogens with one attached hydrogen (secondary N) is 1. The number of aromatic nitrogens is 2. The molecule has 0 bridgehead atoms. The van der Waals surface area contributed by atoms with Gasteiger partial charge in [0, 0.05) is 25.2 Å². The minimum absolute atomic E-state index is 0.0624. The SMILES string of the molecule is Cc1nccc(CNC(=O)N2CCC[C@@H](C3(C)OCCO3)C2)n1. The summed E-state index contributed by atoms with van der Waals surface area (Å²) in [6.45, 7) is 6.91. The maximum atomic E-state index is 12.4. The molecule has 1 N–H and O–H groups in total. The molecule has 2 saturated heterocycles. The molecule has 0 aliphatic carbocycles. The lowest BCUT2D eigenvalue weighted by Crippen LogP contribution is -2.51. The third kappa shape index (κ3) is 3.79. The number of urea groups is 1. The minimum atomic E-state index is -0.553. The van der Waals surface area contributed by atoms with Crippen molar-refractivity contribution in [1.82, 2.24) is 20.2 Å². The lowest BCUT2D eigenvalue weighted by atomic mass is 9.90. The van der Waals surface area contributed by atoms with Gasteiger partial charge in [0.05, 0.1) is 25.5 Å². The van der Waals surface area contributed by atoms with E-state index in [1.54, 1.807) is 6.20 Å². The Morgan fingerprint density at radius 3 is 3.00 bits per heavy atom. The van der Waals surface area contributed by atoms with Crippen molar-refractivity contribution in [1.29, 1.82) is 0 Å². The molecular weight excluding hydrogens is 296 g/mol. The van der Waals surface area contributed by atoms with Crippen LogP contribution in [0.5, 0.6) is 0 Å². The highest BCUT2D eigenvalue weighted by molar-refractivity contribution is 5.74. The molecule has 3 rings (SSSR count). The first-order chi connectivity index (χ1) is 11.1. The first-order valence-electron chi connectivity index (χ1n) is 8.16. The van der Waals surface area contributed by atoms with Crippen LogP contribution in [-0.4, -0.2) is 53.0 Å². The molecule has 2 aliphatic heterocycles. The number of ether oxygens (including phenoxy) is 2. The third-order valence-corrected chi connectivity index (χ3v) is 4.57. The fourth-order valence-corrected chi connectivity index (χ4v) is 3.24. The number of aryl methyl sites for hydroxylation is 1. The van der Waals surface area contributed by atoms with Crippen LogP contribution in [0, 0.1) is 12.8 Å². The van der Waals surface area contributed by atoms with Gasteiger partial charge in [-0.05, 0) is 32.8 Å². The standard InChI is InChI=1S/C16H24N4O3/c1-12-17-6-5-14(19-12)10-18-15(21)20-7-3-4-13(11-20)16(2)22-8-9-23-16/h5-6,13H,3-4,7-11H2,1-2H3,(H,18,21)/t13-/m1/s1. The largest absolute Gasteiger partial charge is 0.347 e. The lowest BCUT2D eigenvalue weighted by Gasteiger charge is -2.39. The number of likely N-dealkylation sites (tertiary alicyclic amines) is 1. The summed E-state index contributed by atoms with van der Waals surface area (Å²) in [7, 11) is 0. The zero-order chi connectivity index (χ0) is 16.3. The lowest BCUT2D eigenvalue weighted by molar-refractivity contribution is -0.189. The maximum absolute atomic E-state index is 12.4. The molecule has 0 radical (unpaired) electrons. The van der Waals surface area contributed by atoms with Gasteiger partial charge in [0.2, 0.25) is 0 Å². The predicted octanol–water partition coefficient (Wildman–Crippen LogP) is 1.47. The Labute approximate surface area is 136 Å². The summed E-state index contributed by atoms with van der Waals surface area (Å²) in [6.07, 6.45) is 3.69. The fraction of sp³-hybridized carbons (Fsp3) is 0.688. The zero-order valence-electron chi connectivity index (χ0n) is 13.7. The van der Waals surface area contributed by atoms with Crippen molar-refractivity contribution in [2.75, 3.05) is 26.3 Å². The number of amides is 2. The van der Waals surface area contributed by atoms with Gasteiger partial charge in [-0.2, -0.15) is 0 Å². The van der Waals surface area contributed by atoms with Crippen LogP contribution >= 0.6 is 0 Å². The highest BCUT2D eigenvalue weighted by Gasteiger charge is 2.42. The van der Waals surface area contributed by atoms with Crippen molar-refractivity contribution in [3.63, 3.8) is 0 Å². The second-order valence-corrected chi connectivity index (χ2v) is 6.25. The molecule has 7 heteroatoms. The van der Waals surface area contributed by atoms with Crippen molar-refractivity contribution in [3.05, 3.63) is 23.8 Å². The van der Waals surface area contributed by atoms with E-state index in [0.29, 0.717) is 32.1 Å².